The van der Waals surface area contributed by atoms with Crippen LogP contribution in [0.1, 0.15) is 36.1 Å². The van der Waals surface area contributed by atoms with Gasteiger partial charge in [-0.1, -0.05) is 12.5 Å². The highest BCUT2D eigenvalue weighted by Gasteiger charge is 2.14. The number of rotatable bonds is 3. The van der Waals surface area contributed by atoms with Crippen molar-refractivity contribution in [3.8, 4) is 0 Å². The van der Waals surface area contributed by atoms with Crippen molar-refractivity contribution in [3.63, 3.8) is 0 Å². The minimum atomic E-state index is -0.296. The van der Waals surface area contributed by atoms with Gasteiger partial charge in [-0.3, -0.25) is 9.59 Å². The normalized spacial score (nSPS) is 14.0. The topological polar surface area (TPSA) is 76.9 Å². The molecule has 0 fully saturated rings. The summed E-state index contributed by atoms with van der Waals surface area (Å²) in [7, 11) is 0. The molecule has 23 heavy (non-hydrogen) atoms. The van der Waals surface area contributed by atoms with E-state index in [1.165, 1.54) is 4.68 Å². The van der Waals surface area contributed by atoms with Crippen molar-refractivity contribution in [2.75, 3.05) is 5.32 Å². The van der Waals surface area contributed by atoms with Crippen LogP contribution >= 0.6 is 0 Å². The van der Waals surface area contributed by atoms with Crippen molar-refractivity contribution < 1.29 is 4.79 Å². The molecule has 0 bridgehead atoms. The summed E-state index contributed by atoms with van der Waals surface area (Å²) in [5, 5.41) is 7.13. The molecule has 1 N–H and O–H groups in total. The van der Waals surface area contributed by atoms with E-state index in [0.29, 0.717) is 5.82 Å². The Hall–Kier alpha value is -2.50. The van der Waals surface area contributed by atoms with Crippen LogP contribution in [0, 0.1) is 6.92 Å². The van der Waals surface area contributed by atoms with E-state index >= 15 is 0 Å². The van der Waals surface area contributed by atoms with Crippen LogP contribution in [0.15, 0.2) is 29.2 Å². The Balaban J connectivity index is 1.77. The predicted molar refractivity (Wildman–Crippen MR) is 87.4 cm³/mol. The molecule has 0 spiro atoms. The van der Waals surface area contributed by atoms with Gasteiger partial charge in [0.05, 0.1) is 5.69 Å². The number of nitrogens with zero attached hydrogens (tertiary/aromatic N) is 3. The second-order valence-corrected chi connectivity index (χ2v) is 5.89. The van der Waals surface area contributed by atoms with Gasteiger partial charge in [0.15, 0.2) is 0 Å². The maximum absolute atomic E-state index is 12.2. The van der Waals surface area contributed by atoms with E-state index in [9.17, 15) is 9.59 Å². The number of pyridine rings is 1. The average Bonchev–Trinajstić information content (AvgIpc) is 2.75. The van der Waals surface area contributed by atoms with E-state index < -0.39 is 0 Å². The number of carbonyl (C=O) groups is 1. The van der Waals surface area contributed by atoms with Crippen LogP contribution in [-0.2, 0) is 24.2 Å². The van der Waals surface area contributed by atoms with E-state index in [4.69, 9.17) is 0 Å². The lowest BCUT2D eigenvalue weighted by Crippen LogP contribution is -2.31. The summed E-state index contributed by atoms with van der Waals surface area (Å²) in [4.78, 5) is 28.5. The summed E-state index contributed by atoms with van der Waals surface area (Å²) in [5.74, 6) is 0.218. The maximum Gasteiger partial charge on any atom is 0.267 e. The van der Waals surface area contributed by atoms with Crippen molar-refractivity contribution in [2.24, 2.45) is 0 Å². The number of aromatic nitrogens is 3. The Morgan fingerprint density at radius 3 is 2.96 bits per heavy atom. The zero-order chi connectivity index (χ0) is 16.2. The van der Waals surface area contributed by atoms with Gasteiger partial charge in [0.2, 0.25) is 5.91 Å². The van der Waals surface area contributed by atoms with Gasteiger partial charge >= 0.3 is 0 Å². The smallest absolute Gasteiger partial charge is 0.267 e. The number of hydrogen-bond donors (Lipinski definition) is 1. The zero-order valence-corrected chi connectivity index (χ0v) is 13.2. The second kappa shape index (κ2) is 6.73. The lowest BCUT2D eigenvalue weighted by atomic mass is 10.1. The third kappa shape index (κ3) is 3.64. The molecule has 1 aliphatic rings. The van der Waals surface area contributed by atoms with E-state index in [0.717, 1.165) is 48.9 Å². The van der Waals surface area contributed by atoms with Crippen molar-refractivity contribution in [1.29, 1.82) is 0 Å². The zero-order valence-electron chi connectivity index (χ0n) is 13.2. The van der Waals surface area contributed by atoms with Gasteiger partial charge in [-0.2, -0.15) is 5.10 Å². The first-order valence-corrected chi connectivity index (χ1v) is 7.95. The Kier molecular flexibility index (Phi) is 4.50. The Bertz CT molecular complexity index is 782. The summed E-state index contributed by atoms with van der Waals surface area (Å²) in [6.07, 6.45) is 6.73. The average molecular weight is 312 g/mol. The SMILES string of the molecule is Cc1cccnc1NC(=O)Cn1nc2c(cc1=O)CCCCC2. The first-order chi connectivity index (χ1) is 11.1. The number of anilines is 1. The van der Waals surface area contributed by atoms with Crippen molar-refractivity contribution >= 4 is 11.7 Å². The molecule has 120 valence electrons. The van der Waals surface area contributed by atoms with Crippen LogP contribution in [0.4, 0.5) is 5.82 Å². The minimum Gasteiger partial charge on any atom is -0.309 e. The fourth-order valence-electron chi connectivity index (χ4n) is 2.82. The minimum absolute atomic E-state index is 0.0951. The lowest BCUT2D eigenvalue weighted by Gasteiger charge is -2.10. The van der Waals surface area contributed by atoms with Crippen LogP contribution in [0.5, 0.6) is 0 Å². The molecule has 2 heterocycles. The molecule has 0 aromatic carbocycles. The molecule has 0 atom stereocenters. The molecule has 0 unspecified atom stereocenters. The predicted octanol–water partition coefficient (Wildman–Crippen LogP) is 1.85. The highest BCUT2D eigenvalue weighted by Crippen LogP contribution is 2.16. The Morgan fingerprint density at radius 1 is 1.30 bits per heavy atom. The molecule has 0 radical (unpaired) electrons. The highest BCUT2D eigenvalue weighted by molar-refractivity contribution is 5.90. The first-order valence-electron chi connectivity index (χ1n) is 7.95. The molecule has 2 aromatic rings. The third-order valence-corrected chi connectivity index (χ3v) is 4.08. The van der Waals surface area contributed by atoms with E-state index in [1.54, 1.807) is 12.3 Å². The molecule has 1 amide bonds. The molecule has 3 rings (SSSR count). The van der Waals surface area contributed by atoms with Crippen LogP contribution in [0.3, 0.4) is 0 Å². The van der Waals surface area contributed by atoms with Crippen molar-refractivity contribution in [1.82, 2.24) is 14.8 Å². The quantitative estimate of drug-likeness (QED) is 0.878. The second-order valence-electron chi connectivity index (χ2n) is 5.89. The number of aryl methyl sites for hydroxylation is 3. The molecule has 0 saturated carbocycles. The van der Waals surface area contributed by atoms with E-state index in [-0.39, 0.29) is 18.0 Å². The number of hydrogen-bond acceptors (Lipinski definition) is 4. The van der Waals surface area contributed by atoms with Gasteiger partial charge in [0.25, 0.3) is 5.56 Å². The molecular weight excluding hydrogens is 292 g/mol. The maximum atomic E-state index is 12.2. The third-order valence-electron chi connectivity index (χ3n) is 4.08. The van der Waals surface area contributed by atoms with Crippen LogP contribution in [-0.4, -0.2) is 20.7 Å². The summed E-state index contributed by atoms with van der Waals surface area (Å²) in [6, 6.07) is 5.31. The van der Waals surface area contributed by atoms with Gasteiger partial charge < -0.3 is 5.32 Å². The molecule has 0 aliphatic heterocycles. The Labute approximate surface area is 134 Å². The number of amides is 1. The summed E-state index contributed by atoms with van der Waals surface area (Å²) >= 11 is 0. The number of fused-ring (bicyclic) bond motifs is 1. The van der Waals surface area contributed by atoms with E-state index in [1.807, 2.05) is 19.1 Å². The molecule has 6 nitrogen and oxygen atoms in total. The van der Waals surface area contributed by atoms with Crippen LogP contribution in [0.2, 0.25) is 0 Å². The van der Waals surface area contributed by atoms with Crippen LogP contribution < -0.4 is 10.9 Å². The van der Waals surface area contributed by atoms with Gasteiger partial charge in [0.1, 0.15) is 12.4 Å². The number of carbonyl (C=O) groups excluding carboxylic acids is 1. The fourth-order valence-corrected chi connectivity index (χ4v) is 2.82. The molecule has 0 saturated heterocycles. The van der Waals surface area contributed by atoms with Gasteiger partial charge in [-0.25, -0.2) is 9.67 Å². The van der Waals surface area contributed by atoms with Crippen LogP contribution in [0.25, 0.3) is 0 Å². The first kappa shape index (κ1) is 15.4. The molecule has 2 aromatic heterocycles. The summed E-state index contributed by atoms with van der Waals surface area (Å²) < 4.78 is 1.25. The molecular formula is C17H20N4O2. The fraction of sp³-hybridized carbons (Fsp3) is 0.412. The monoisotopic (exact) mass is 312 g/mol. The summed E-state index contributed by atoms with van der Waals surface area (Å²) in [5.41, 5.74) is 2.63. The van der Waals surface area contributed by atoms with Gasteiger partial charge in [0, 0.05) is 12.3 Å². The number of nitrogens with one attached hydrogen (secondary N) is 1. The highest BCUT2D eigenvalue weighted by atomic mass is 16.2. The van der Waals surface area contributed by atoms with Crippen molar-refractivity contribution in [2.45, 2.75) is 45.6 Å². The van der Waals surface area contributed by atoms with Gasteiger partial charge in [-0.05, 0) is 49.8 Å². The largest absolute Gasteiger partial charge is 0.309 e. The Morgan fingerprint density at radius 2 is 2.13 bits per heavy atom. The van der Waals surface area contributed by atoms with Gasteiger partial charge in [-0.15, -0.1) is 0 Å². The summed E-state index contributed by atoms with van der Waals surface area (Å²) in [6.45, 7) is 1.78. The van der Waals surface area contributed by atoms with E-state index in [2.05, 4.69) is 15.4 Å². The van der Waals surface area contributed by atoms with Crippen molar-refractivity contribution in [3.05, 3.63) is 51.6 Å². The standard InChI is InChI=1S/C17H20N4O2/c1-12-6-5-9-18-17(12)19-15(22)11-21-16(23)10-13-7-3-2-4-8-14(13)20-21/h5-6,9-10H,2-4,7-8,11H2,1H3,(H,18,19,22). The molecule has 6 heteroatoms. The molecule has 1 aliphatic carbocycles. The lowest BCUT2D eigenvalue weighted by molar-refractivity contribution is -0.117.